The van der Waals surface area contributed by atoms with Crippen LogP contribution < -0.4 is 15.8 Å². The molecule has 0 unspecified atom stereocenters. The first-order valence-corrected chi connectivity index (χ1v) is 9.11. The summed E-state index contributed by atoms with van der Waals surface area (Å²) < 4.78 is 16.3. The van der Waals surface area contributed by atoms with Crippen LogP contribution in [0.5, 0.6) is 5.75 Å². The molecule has 2 heterocycles. The second-order valence-corrected chi connectivity index (χ2v) is 6.39. The molecule has 0 aliphatic rings. The van der Waals surface area contributed by atoms with Crippen molar-refractivity contribution < 1.29 is 18.7 Å². The molecule has 0 atom stereocenters. The molecule has 0 spiro atoms. The Morgan fingerprint density at radius 1 is 1.10 bits per heavy atom. The third-order valence-electron chi connectivity index (χ3n) is 4.41. The Morgan fingerprint density at radius 3 is 2.67 bits per heavy atom. The Morgan fingerprint density at radius 2 is 1.87 bits per heavy atom. The fraction of sp³-hybridized carbons (Fsp3) is 0.143. The normalized spacial score (nSPS) is 10.7. The number of para-hydroxylation sites is 3. The number of anilines is 3. The van der Waals surface area contributed by atoms with E-state index in [1.54, 1.807) is 26.2 Å². The highest BCUT2D eigenvalue weighted by molar-refractivity contribution is 5.95. The fourth-order valence-electron chi connectivity index (χ4n) is 2.99. The zero-order valence-corrected chi connectivity index (χ0v) is 16.4. The van der Waals surface area contributed by atoms with E-state index in [2.05, 4.69) is 20.3 Å². The molecular formula is C21H19N5O4. The molecule has 3 N–H and O–H groups in total. The lowest BCUT2D eigenvalue weighted by atomic mass is 10.1. The van der Waals surface area contributed by atoms with E-state index >= 15 is 0 Å². The van der Waals surface area contributed by atoms with E-state index in [9.17, 15) is 4.79 Å². The molecule has 0 saturated carbocycles. The highest BCUT2D eigenvalue weighted by atomic mass is 16.5. The molecule has 0 aliphatic heterocycles. The van der Waals surface area contributed by atoms with Gasteiger partial charge in [0.25, 0.3) is 0 Å². The molecule has 0 bridgehead atoms. The summed E-state index contributed by atoms with van der Waals surface area (Å²) in [6.07, 6.45) is 0. The van der Waals surface area contributed by atoms with Crippen LogP contribution >= 0.6 is 0 Å². The number of fused-ring (bicyclic) bond motifs is 1. The maximum absolute atomic E-state index is 12.5. The standard InChI is InChI=1S/C21H19N5O4/c1-12-13-7-3-5-9-15(13)30-18(12)19(27)29-11-17-24-20(22)26-21(25-17)23-14-8-4-6-10-16(14)28-2/h3-10H,11H2,1-2H3,(H3,22,23,24,25,26). The summed E-state index contributed by atoms with van der Waals surface area (Å²) in [7, 11) is 1.56. The van der Waals surface area contributed by atoms with Crippen LogP contribution in [0, 0.1) is 6.92 Å². The van der Waals surface area contributed by atoms with Gasteiger partial charge in [0.2, 0.25) is 17.7 Å². The number of esters is 1. The van der Waals surface area contributed by atoms with E-state index < -0.39 is 5.97 Å². The van der Waals surface area contributed by atoms with Crippen molar-refractivity contribution in [3.05, 3.63) is 65.7 Å². The highest BCUT2D eigenvalue weighted by Crippen LogP contribution is 2.27. The number of nitrogen functional groups attached to an aromatic ring is 1. The van der Waals surface area contributed by atoms with Gasteiger partial charge in [0.1, 0.15) is 11.3 Å². The summed E-state index contributed by atoms with van der Waals surface area (Å²) in [5.74, 6) is 0.547. The first-order chi connectivity index (χ1) is 14.5. The van der Waals surface area contributed by atoms with Gasteiger partial charge in [-0.05, 0) is 25.1 Å². The number of nitrogens with two attached hydrogens (primary N) is 1. The summed E-state index contributed by atoms with van der Waals surface area (Å²) in [6, 6.07) is 14.7. The van der Waals surface area contributed by atoms with Crippen LogP contribution in [-0.2, 0) is 11.3 Å². The molecule has 2 aromatic heterocycles. The molecule has 9 heteroatoms. The van der Waals surface area contributed by atoms with Gasteiger partial charge in [-0.15, -0.1) is 0 Å². The Balaban J connectivity index is 1.50. The molecule has 4 aromatic rings. The average molecular weight is 405 g/mol. The van der Waals surface area contributed by atoms with Crippen LogP contribution in [0.1, 0.15) is 21.9 Å². The number of aromatic nitrogens is 3. The summed E-state index contributed by atoms with van der Waals surface area (Å²) in [4.78, 5) is 24.8. The molecule has 0 aliphatic carbocycles. The van der Waals surface area contributed by atoms with E-state index in [0.29, 0.717) is 22.6 Å². The van der Waals surface area contributed by atoms with Gasteiger partial charge in [0.15, 0.2) is 12.4 Å². The van der Waals surface area contributed by atoms with E-state index in [1.165, 1.54) is 0 Å². The second kappa shape index (κ2) is 8.08. The van der Waals surface area contributed by atoms with Crippen molar-refractivity contribution in [2.75, 3.05) is 18.2 Å². The van der Waals surface area contributed by atoms with Crippen molar-refractivity contribution >= 4 is 34.5 Å². The highest BCUT2D eigenvalue weighted by Gasteiger charge is 2.19. The minimum Gasteiger partial charge on any atom is -0.495 e. The maximum atomic E-state index is 12.5. The number of carbonyl (C=O) groups is 1. The Kier molecular flexibility index (Phi) is 5.17. The molecule has 0 saturated heterocycles. The van der Waals surface area contributed by atoms with Crippen molar-refractivity contribution in [2.45, 2.75) is 13.5 Å². The number of rotatable bonds is 6. The minimum atomic E-state index is -0.609. The lowest BCUT2D eigenvalue weighted by Gasteiger charge is -2.10. The van der Waals surface area contributed by atoms with Crippen LogP contribution in [0.15, 0.2) is 52.9 Å². The van der Waals surface area contributed by atoms with Gasteiger partial charge in [0.05, 0.1) is 12.8 Å². The Bertz CT molecular complexity index is 1220. The number of hydrogen-bond acceptors (Lipinski definition) is 9. The Labute approximate surface area is 171 Å². The largest absolute Gasteiger partial charge is 0.495 e. The van der Waals surface area contributed by atoms with Crippen LogP contribution in [-0.4, -0.2) is 28.0 Å². The number of methoxy groups -OCH3 is 1. The zero-order valence-electron chi connectivity index (χ0n) is 16.4. The third kappa shape index (κ3) is 3.86. The number of hydrogen-bond donors (Lipinski definition) is 2. The third-order valence-corrected chi connectivity index (χ3v) is 4.41. The summed E-state index contributed by atoms with van der Waals surface area (Å²) in [5.41, 5.74) is 7.77. The van der Waals surface area contributed by atoms with E-state index in [4.69, 9.17) is 19.6 Å². The van der Waals surface area contributed by atoms with E-state index in [0.717, 1.165) is 5.39 Å². The van der Waals surface area contributed by atoms with Crippen LogP contribution in [0.3, 0.4) is 0 Å². The molecular weight excluding hydrogens is 386 g/mol. The first-order valence-electron chi connectivity index (χ1n) is 9.11. The molecule has 2 aromatic carbocycles. The monoisotopic (exact) mass is 405 g/mol. The van der Waals surface area contributed by atoms with Gasteiger partial charge in [0, 0.05) is 10.9 Å². The molecule has 152 valence electrons. The lowest BCUT2D eigenvalue weighted by Crippen LogP contribution is -2.11. The predicted molar refractivity (Wildman–Crippen MR) is 111 cm³/mol. The topological polar surface area (TPSA) is 125 Å². The van der Waals surface area contributed by atoms with Gasteiger partial charge in [-0.3, -0.25) is 0 Å². The molecule has 4 rings (SSSR count). The van der Waals surface area contributed by atoms with Crippen molar-refractivity contribution in [3.8, 4) is 5.75 Å². The molecule has 0 amide bonds. The van der Waals surface area contributed by atoms with Crippen LogP contribution in [0.4, 0.5) is 17.6 Å². The molecule has 0 fully saturated rings. The van der Waals surface area contributed by atoms with Crippen molar-refractivity contribution in [1.82, 2.24) is 15.0 Å². The number of ether oxygens (including phenoxy) is 2. The summed E-state index contributed by atoms with van der Waals surface area (Å²) >= 11 is 0. The van der Waals surface area contributed by atoms with Gasteiger partial charge in [-0.1, -0.05) is 30.3 Å². The number of benzene rings is 2. The quantitative estimate of drug-likeness (QED) is 0.463. The average Bonchev–Trinajstić information content (AvgIpc) is 3.09. The predicted octanol–water partition coefficient (Wildman–Crippen LogP) is 3.62. The van der Waals surface area contributed by atoms with Crippen molar-refractivity contribution in [3.63, 3.8) is 0 Å². The molecule has 9 nitrogen and oxygen atoms in total. The number of nitrogens with one attached hydrogen (secondary N) is 1. The SMILES string of the molecule is COc1ccccc1Nc1nc(N)nc(COC(=O)c2oc3ccccc3c2C)n1. The summed E-state index contributed by atoms with van der Waals surface area (Å²) in [6.45, 7) is 1.61. The molecule has 0 radical (unpaired) electrons. The van der Waals surface area contributed by atoms with Gasteiger partial charge in [-0.2, -0.15) is 15.0 Å². The van der Waals surface area contributed by atoms with E-state index in [1.807, 2.05) is 36.4 Å². The Hall–Kier alpha value is -4.14. The number of carbonyl (C=O) groups excluding carboxylic acids is 1. The van der Waals surface area contributed by atoms with Crippen LogP contribution in [0.25, 0.3) is 11.0 Å². The van der Waals surface area contributed by atoms with E-state index in [-0.39, 0.29) is 30.1 Å². The number of furan rings is 1. The van der Waals surface area contributed by atoms with Gasteiger partial charge in [-0.25, -0.2) is 4.79 Å². The fourth-order valence-corrected chi connectivity index (χ4v) is 2.99. The zero-order chi connectivity index (χ0) is 21.1. The van der Waals surface area contributed by atoms with Crippen LogP contribution in [0.2, 0.25) is 0 Å². The smallest absolute Gasteiger partial charge is 0.375 e. The van der Waals surface area contributed by atoms with Crippen molar-refractivity contribution in [1.29, 1.82) is 0 Å². The molecule has 30 heavy (non-hydrogen) atoms. The van der Waals surface area contributed by atoms with Crippen molar-refractivity contribution in [2.24, 2.45) is 0 Å². The van der Waals surface area contributed by atoms with Gasteiger partial charge >= 0.3 is 5.97 Å². The maximum Gasteiger partial charge on any atom is 0.375 e. The second-order valence-electron chi connectivity index (χ2n) is 6.39. The number of nitrogens with zero attached hydrogens (tertiary/aromatic N) is 3. The minimum absolute atomic E-state index is 0.00614. The van der Waals surface area contributed by atoms with Gasteiger partial charge < -0.3 is 24.9 Å². The lowest BCUT2D eigenvalue weighted by molar-refractivity contribution is 0.0427. The first kappa shape index (κ1) is 19.2. The number of aryl methyl sites for hydroxylation is 1. The summed E-state index contributed by atoms with van der Waals surface area (Å²) in [5, 5.41) is 3.88.